The van der Waals surface area contributed by atoms with Crippen molar-refractivity contribution in [3.05, 3.63) is 35.6 Å². The van der Waals surface area contributed by atoms with E-state index < -0.39 is 39.7 Å². The summed E-state index contributed by atoms with van der Waals surface area (Å²) in [6.07, 6.45) is 0.609. The largest absolute Gasteiger partial charge is 0.370 e. The van der Waals surface area contributed by atoms with Crippen LogP contribution in [-0.4, -0.2) is 72.5 Å². The molecule has 3 rings (SSSR count). The van der Waals surface area contributed by atoms with Gasteiger partial charge in [-0.3, -0.25) is 9.59 Å². The fraction of sp³-hybridized carbons (Fsp3) is 0.714. The molecule has 2 saturated heterocycles. The van der Waals surface area contributed by atoms with Gasteiger partial charge in [0.05, 0.1) is 24.5 Å². The number of nitrogens with one attached hydrogen (secondary N) is 1. The van der Waals surface area contributed by atoms with E-state index in [9.17, 15) is 22.4 Å². The number of carbonyl (C=O) groups is 2. The number of fused-ring (bicyclic) bond motifs is 1. The molecule has 1 N–H and O–H groups in total. The molecule has 10 heteroatoms. The molecule has 5 atom stereocenters. The Morgan fingerprint density at radius 2 is 1.79 bits per heavy atom. The summed E-state index contributed by atoms with van der Waals surface area (Å²) in [5.41, 5.74) is 0.209. The minimum Gasteiger partial charge on any atom is -0.370 e. The predicted molar refractivity (Wildman–Crippen MR) is 145 cm³/mol. The van der Waals surface area contributed by atoms with Crippen LogP contribution in [0.15, 0.2) is 24.3 Å². The quantitative estimate of drug-likeness (QED) is 0.478. The number of nitrogens with zero attached hydrogens (tertiary/aromatic N) is 2. The van der Waals surface area contributed by atoms with E-state index in [0.717, 1.165) is 5.56 Å². The molecule has 8 nitrogen and oxygen atoms in total. The summed E-state index contributed by atoms with van der Waals surface area (Å²) in [6.45, 7) is 13.9. The van der Waals surface area contributed by atoms with Gasteiger partial charge < -0.3 is 15.0 Å². The molecule has 0 radical (unpaired) electrons. The Hall–Kier alpha value is -2.04. The smallest absolute Gasteiger partial charge is 0.246 e. The van der Waals surface area contributed by atoms with E-state index in [4.69, 9.17) is 4.74 Å². The summed E-state index contributed by atoms with van der Waals surface area (Å²) in [5, 5.41) is 2.97. The first-order valence-electron chi connectivity index (χ1n) is 13.6. The fourth-order valence-electron chi connectivity index (χ4n) is 5.30. The van der Waals surface area contributed by atoms with Gasteiger partial charge in [0.2, 0.25) is 21.8 Å². The molecule has 214 valence electrons. The van der Waals surface area contributed by atoms with Crippen LogP contribution < -0.4 is 5.32 Å². The monoisotopic (exact) mass is 553 g/mol. The lowest BCUT2D eigenvalue weighted by Crippen LogP contribution is -2.58. The summed E-state index contributed by atoms with van der Waals surface area (Å²) in [4.78, 5) is 28.5. The third-order valence-electron chi connectivity index (χ3n) is 7.55. The molecule has 2 amide bonds. The van der Waals surface area contributed by atoms with Crippen LogP contribution in [0.1, 0.15) is 66.9 Å². The maximum Gasteiger partial charge on any atom is 0.246 e. The lowest BCUT2D eigenvalue weighted by atomic mass is 9.85. The van der Waals surface area contributed by atoms with Gasteiger partial charge in [-0.2, -0.15) is 4.31 Å². The second-order valence-electron chi connectivity index (χ2n) is 12.2. The Labute approximate surface area is 227 Å². The number of benzene rings is 1. The van der Waals surface area contributed by atoms with Crippen LogP contribution in [0.4, 0.5) is 4.39 Å². The molecule has 0 aliphatic carbocycles. The van der Waals surface area contributed by atoms with Crippen molar-refractivity contribution in [2.75, 3.05) is 18.8 Å². The average Bonchev–Trinajstić information content (AvgIpc) is 3.40. The molecule has 1 aromatic carbocycles. The standard InChI is InChI=1S/C28H44FN3O5S/c1-8-19(4)26(33)30-25(28(5,6)7)27(34)31-14-13-22-24(31)23(15-32(22)38(35,36)17-18(2)3)37-16-20-9-11-21(29)12-10-20/h9-12,18-19,22-25H,8,13-17H2,1-7H3,(H,30,33)/t19-,22-,23+,24+,25-/m1/s1. The Kier molecular flexibility index (Phi) is 9.63. The topological polar surface area (TPSA) is 96.0 Å². The van der Waals surface area contributed by atoms with Crippen molar-refractivity contribution in [2.24, 2.45) is 17.3 Å². The highest BCUT2D eigenvalue weighted by atomic mass is 32.2. The van der Waals surface area contributed by atoms with Gasteiger partial charge in [-0.05, 0) is 41.9 Å². The highest BCUT2D eigenvalue weighted by Crippen LogP contribution is 2.37. The van der Waals surface area contributed by atoms with Crippen molar-refractivity contribution in [2.45, 2.75) is 92.1 Å². The third-order valence-corrected chi connectivity index (χ3v) is 9.77. The number of amides is 2. The summed E-state index contributed by atoms with van der Waals surface area (Å²) in [6, 6.07) is 4.34. The van der Waals surface area contributed by atoms with Gasteiger partial charge in [0.15, 0.2) is 0 Å². The lowest BCUT2D eigenvalue weighted by Gasteiger charge is -2.37. The first-order chi connectivity index (χ1) is 17.7. The number of carbonyl (C=O) groups excluding carboxylic acids is 2. The molecule has 1 aromatic rings. The summed E-state index contributed by atoms with van der Waals surface area (Å²) < 4.78 is 47.8. The molecule has 2 aliphatic heterocycles. The number of sulfonamides is 1. The third kappa shape index (κ3) is 6.93. The Bertz CT molecular complexity index is 1090. The van der Waals surface area contributed by atoms with Crippen LogP contribution in [0.2, 0.25) is 0 Å². The fourth-order valence-corrected chi connectivity index (χ4v) is 7.35. The zero-order chi connectivity index (χ0) is 28.4. The summed E-state index contributed by atoms with van der Waals surface area (Å²) in [5.74, 6) is -0.995. The van der Waals surface area contributed by atoms with Crippen LogP contribution in [0.25, 0.3) is 0 Å². The summed E-state index contributed by atoms with van der Waals surface area (Å²) in [7, 11) is -3.57. The molecular weight excluding hydrogens is 509 g/mol. The molecule has 2 heterocycles. The zero-order valence-corrected chi connectivity index (χ0v) is 24.6. The average molecular weight is 554 g/mol. The highest BCUT2D eigenvalue weighted by molar-refractivity contribution is 7.89. The van der Waals surface area contributed by atoms with Crippen LogP contribution in [0.5, 0.6) is 0 Å². The van der Waals surface area contributed by atoms with Crippen LogP contribution >= 0.6 is 0 Å². The van der Waals surface area contributed by atoms with E-state index in [1.165, 1.54) is 16.4 Å². The van der Waals surface area contributed by atoms with Crippen molar-refractivity contribution >= 4 is 21.8 Å². The van der Waals surface area contributed by atoms with Gasteiger partial charge >= 0.3 is 0 Å². The molecule has 0 unspecified atom stereocenters. The summed E-state index contributed by atoms with van der Waals surface area (Å²) >= 11 is 0. The van der Waals surface area contributed by atoms with Gasteiger partial charge in [-0.25, -0.2) is 12.8 Å². The van der Waals surface area contributed by atoms with Crippen LogP contribution in [0, 0.1) is 23.1 Å². The van der Waals surface area contributed by atoms with Gasteiger partial charge in [0, 0.05) is 25.0 Å². The van der Waals surface area contributed by atoms with E-state index in [0.29, 0.717) is 19.4 Å². The van der Waals surface area contributed by atoms with E-state index in [1.807, 2.05) is 48.5 Å². The number of ether oxygens (including phenoxy) is 1. The van der Waals surface area contributed by atoms with E-state index >= 15 is 0 Å². The number of rotatable bonds is 10. The van der Waals surface area contributed by atoms with Gasteiger partial charge in [0.1, 0.15) is 11.9 Å². The molecule has 0 aromatic heterocycles. The maximum atomic E-state index is 14.0. The Morgan fingerprint density at radius 3 is 2.34 bits per heavy atom. The van der Waals surface area contributed by atoms with E-state index in [-0.39, 0.29) is 48.4 Å². The van der Waals surface area contributed by atoms with Crippen LogP contribution in [-0.2, 0) is 31.0 Å². The first-order valence-corrected chi connectivity index (χ1v) is 15.2. The van der Waals surface area contributed by atoms with Crippen molar-refractivity contribution in [3.8, 4) is 0 Å². The van der Waals surface area contributed by atoms with Crippen molar-refractivity contribution in [3.63, 3.8) is 0 Å². The molecule has 2 aliphatic rings. The first kappa shape index (κ1) is 30.5. The lowest BCUT2D eigenvalue weighted by molar-refractivity contribution is -0.143. The molecule has 38 heavy (non-hydrogen) atoms. The zero-order valence-electron chi connectivity index (χ0n) is 23.7. The van der Waals surface area contributed by atoms with Gasteiger partial charge in [-0.1, -0.05) is 60.6 Å². The molecular formula is C28H44FN3O5S. The number of halogens is 1. The van der Waals surface area contributed by atoms with Gasteiger partial charge in [-0.15, -0.1) is 0 Å². The number of hydrogen-bond acceptors (Lipinski definition) is 5. The van der Waals surface area contributed by atoms with E-state index in [1.54, 1.807) is 17.0 Å². The predicted octanol–water partition coefficient (Wildman–Crippen LogP) is 3.56. The van der Waals surface area contributed by atoms with E-state index in [2.05, 4.69) is 5.32 Å². The molecule has 0 spiro atoms. The van der Waals surface area contributed by atoms with Crippen molar-refractivity contribution in [1.82, 2.24) is 14.5 Å². The highest BCUT2D eigenvalue weighted by Gasteiger charge is 2.55. The van der Waals surface area contributed by atoms with Crippen LogP contribution in [0.3, 0.4) is 0 Å². The SMILES string of the molecule is CC[C@@H](C)C(=O)N[C@H](C(=O)N1CC[C@@H]2[C@H]1[C@@H](OCc1ccc(F)cc1)CN2S(=O)(=O)CC(C)C)C(C)(C)C. The number of hydrogen-bond donors (Lipinski definition) is 1. The molecule has 0 saturated carbocycles. The molecule has 0 bridgehead atoms. The second kappa shape index (κ2) is 12.0. The minimum atomic E-state index is -3.57. The van der Waals surface area contributed by atoms with Gasteiger partial charge in [0.25, 0.3) is 0 Å². The van der Waals surface area contributed by atoms with Crippen molar-refractivity contribution < 1.29 is 27.1 Å². The minimum absolute atomic E-state index is 0.0183. The maximum absolute atomic E-state index is 14.0. The van der Waals surface area contributed by atoms with Crippen molar-refractivity contribution in [1.29, 1.82) is 0 Å². The molecule has 2 fully saturated rings. The Balaban J connectivity index is 1.90. The second-order valence-corrected chi connectivity index (χ2v) is 14.2. The normalized spacial score (nSPS) is 23.9. The number of likely N-dealkylation sites (tertiary alicyclic amines) is 1. The Morgan fingerprint density at radius 1 is 1.16 bits per heavy atom.